The minimum atomic E-state index is -4.57. The van der Waals surface area contributed by atoms with Crippen molar-refractivity contribution >= 4 is 0 Å². The summed E-state index contributed by atoms with van der Waals surface area (Å²) in [5, 5.41) is 13.8. The van der Waals surface area contributed by atoms with Gasteiger partial charge in [-0.1, -0.05) is 45.0 Å². The summed E-state index contributed by atoms with van der Waals surface area (Å²) < 4.78 is 38.2. The average Bonchev–Trinajstić information content (AvgIpc) is 2.53. The van der Waals surface area contributed by atoms with Crippen LogP contribution in [0.25, 0.3) is 11.1 Å². The van der Waals surface area contributed by atoms with Gasteiger partial charge < -0.3 is 12.5 Å². The summed E-state index contributed by atoms with van der Waals surface area (Å²) >= 11 is 0. The van der Waals surface area contributed by atoms with Crippen LogP contribution in [-0.4, -0.2) is 21.1 Å². The third-order valence-corrected chi connectivity index (χ3v) is 3.28. The number of aromatic hydroxyl groups is 1. The molecule has 1 aromatic carbocycles. The maximum atomic E-state index is 12.6. The Bertz CT molecular complexity index is 759. The van der Waals surface area contributed by atoms with Crippen molar-refractivity contribution in [3.63, 3.8) is 0 Å². The zero-order chi connectivity index (χ0) is 18.5. The topological polar surface area (TPSA) is 55.1 Å². The number of halogens is 3. The minimum absolute atomic E-state index is 0. The van der Waals surface area contributed by atoms with Gasteiger partial charge in [0, 0.05) is 32.7 Å². The van der Waals surface area contributed by atoms with E-state index < -0.39 is 18.3 Å². The number of hydrogen-bond acceptors (Lipinski definition) is 3. The molecular weight excluding hydrogens is 422 g/mol. The van der Waals surface area contributed by atoms with Crippen molar-refractivity contribution in [1.82, 2.24) is 9.78 Å². The quantitative estimate of drug-likeness (QED) is 0.706. The molecule has 4 nitrogen and oxygen atoms in total. The molecule has 1 radical (unpaired) electrons. The van der Waals surface area contributed by atoms with Crippen LogP contribution in [0, 0.1) is 14.4 Å². The molecule has 0 fully saturated rings. The van der Waals surface area contributed by atoms with Crippen LogP contribution < -0.4 is 5.56 Å². The monoisotopic (exact) mass is 446 g/mol. The first-order valence-electron chi connectivity index (χ1n) is 7.70. The number of aryl methyl sites for hydroxylation is 2. The molecule has 1 N–H and O–H groups in total. The molecule has 1 heterocycles. The molecule has 26 heavy (non-hydrogen) atoms. The van der Waals surface area contributed by atoms with E-state index in [9.17, 15) is 23.1 Å². The predicted molar refractivity (Wildman–Crippen MR) is 93.5 cm³/mol. The Morgan fingerprint density at radius 1 is 1.19 bits per heavy atom. The first-order chi connectivity index (χ1) is 11.2. The van der Waals surface area contributed by atoms with E-state index in [2.05, 4.69) is 5.10 Å². The minimum Gasteiger partial charge on any atom is -0.505 e. The van der Waals surface area contributed by atoms with Gasteiger partial charge in [-0.2, -0.15) is 18.3 Å². The fraction of sp³-hybridized carbons (Fsp3) is 0.389. The SMILES string of the molecule is CC.CCc1nn(CC(F)(F)F)c(=O)c(-c2ccccc2C)c1O.[CH3-].[Y]. The van der Waals surface area contributed by atoms with Gasteiger partial charge in [0.15, 0.2) is 5.75 Å². The van der Waals surface area contributed by atoms with Crippen molar-refractivity contribution in [3.05, 3.63) is 53.3 Å². The van der Waals surface area contributed by atoms with Crippen LogP contribution in [0.3, 0.4) is 0 Å². The third-order valence-electron chi connectivity index (χ3n) is 3.28. The van der Waals surface area contributed by atoms with E-state index >= 15 is 0 Å². The normalized spacial score (nSPS) is 10.1. The second-order valence-electron chi connectivity index (χ2n) is 4.92. The molecule has 0 saturated heterocycles. The van der Waals surface area contributed by atoms with Gasteiger partial charge in [0.2, 0.25) is 0 Å². The Kier molecular flexibility index (Phi) is 11.9. The van der Waals surface area contributed by atoms with E-state index in [4.69, 9.17) is 0 Å². The van der Waals surface area contributed by atoms with Crippen LogP contribution in [0.15, 0.2) is 29.1 Å². The Morgan fingerprint density at radius 3 is 2.19 bits per heavy atom. The van der Waals surface area contributed by atoms with E-state index in [1.807, 2.05) is 13.8 Å². The first-order valence-corrected chi connectivity index (χ1v) is 7.70. The summed E-state index contributed by atoms with van der Waals surface area (Å²) in [4.78, 5) is 12.3. The van der Waals surface area contributed by atoms with Crippen LogP contribution >= 0.6 is 0 Å². The van der Waals surface area contributed by atoms with Gasteiger partial charge in [-0.05, 0) is 24.5 Å². The average molecular weight is 446 g/mol. The predicted octanol–water partition coefficient (Wildman–Crippen LogP) is 4.52. The fourth-order valence-corrected chi connectivity index (χ4v) is 2.22. The van der Waals surface area contributed by atoms with Crippen molar-refractivity contribution in [1.29, 1.82) is 0 Å². The molecule has 2 rings (SSSR count). The number of aromatic nitrogens is 2. The van der Waals surface area contributed by atoms with E-state index in [0.717, 1.165) is 0 Å². The molecule has 0 saturated carbocycles. The van der Waals surface area contributed by atoms with Crippen LogP contribution in [0.1, 0.15) is 32.0 Å². The second-order valence-corrected chi connectivity index (χ2v) is 4.92. The van der Waals surface area contributed by atoms with Gasteiger partial charge in [0.1, 0.15) is 12.2 Å². The van der Waals surface area contributed by atoms with Crippen molar-refractivity contribution < 1.29 is 51.0 Å². The molecule has 8 heteroatoms. The molecule has 0 aliphatic carbocycles. The smallest absolute Gasteiger partial charge is 0.408 e. The largest absolute Gasteiger partial charge is 0.505 e. The number of hydrogen-bond donors (Lipinski definition) is 1. The van der Waals surface area contributed by atoms with Gasteiger partial charge in [0.25, 0.3) is 5.56 Å². The molecule has 0 unspecified atom stereocenters. The van der Waals surface area contributed by atoms with Gasteiger partial charge in [-0.15, -0.1) is 0 Å². The van der Waals surface area contributed by atoms with E-state index in [0.29, 0.717) is 15.8 Å². The molecule has 0 atom stereocenters. The maximum absolute atomic E-state index is 12.6. The summed E-state index contributed by atoms with van der Waals surface area (Å²) in [6.07, 6.45) is -4.36. The first kappa shape index (κ1) is 27.0. The molecule has 2 aromatic rings. The van der Waals surface area contributed by atoms with Crippen LogP contribution in [0.2, 0.25) is 0 Å². The Morgan fingerprint density at radius 2 is 1.73 bits per heavy atom. The number of nitrogens with zero attached hydrogens (tertiary/aromatic N) is 2. The molecule has 0 bridgehead atoms. The van der Waals surface area contributed by atoms with Gasteiger partial charge in [0.05, 0.1) is 5.56 Å². The summed E-state index contributed by atoms with van der Waals surface area (Å²) in [7, 11) is 0. The van der Waals surface area contributed by atoms with Crippen molar-refractivity contribution in [3.8, 4) is 16.9 Å². The molecule has 0 aliphatic rings. The standard InChI is InChI=1S/C15H15F3N2O2.C2H6.CH3.Y/c1-3-11-13(21)12(10-7-5-4-6-9(10)2)14(22)20(19-11)8-15(16,17)18;1-2;;/h4-7,21H,3,8H2,1-2H3;1-2H3;1H3;/q;;-1;. The molecule has 0 spiro atoms. The number of benzene rings is 1. The van der Waals surface area contributed by atoms with Crippen LogP contribution in [0.4, 0.5) is 13.2 Å². The maximum Gasteiger partial charge on any atom is 0.408 e. The zero-order valence-corrected chi connectivity index (χ0v) is 18.5. The van der Waals surface area contributed by atoms with E-state index in [-0.39, 0.29) is 63.6 Å². The third kappa shape index (κ3) is 6.51. The molecule has 0 amide bonds. The molecule has 143 valence electrons. The van der Waals surface area contributed by atoms with E-state index in [1.165, 1.54) is 0 Å². The van der Waals surface area contributed by atoms with Crippen LogP contribution in [-0.2, 0) is 45.7 Å². The van der Waals surface area contributed by atoms with Crippen molar-refractivity contribution in [2.45, 2.75) is 46.8 Å². The van der Waals surface area contributed by atoms with Crippen LogP contribution in [0.5, 0.6) is 5.75 Å². The van der Waals surface area contributed by atoms with E-state index in [1.54, 1.807) is 38.1 Å². The second kappa shape index (κ2) is 11.5. The summed E-state index contributed by atoms with van der Waals surface area (Å²) in [5.74, 6) is -0.361. The van der Waals surface area contributed by atoms with Gasteiger partial charge in [-0.25, -0.2) is 4.68 Å². The van der Waals surface area contributed by atoms with Gasteiger partial charge in [-0.3, -0.25) is 4.79 Å². The molecule has 0 aliphatic heterocycles. The van der Waals surface area contributed by atoms with Gasteiger partial charge >= 0.3 is 6.18 Å². The zero-order valence-electron chi connectivity index (χ0n) is 15.7. The Hall–Kier alpha value is -1.21. The number of rotatable bonds is 3. The summed E-state index contributed by atoms with van der Waals surface area (Å²) in [6, 6.07) is 6.70. The summed E-state index contributed by atoms with van der Waals surface area (Å²) in [5.41, 5.74) is 0.0392. The van der Waals surface area contributed by atoms with Crippen molar-refractivity contribution in [2.24, 2.45) is 0 Å². The Labute approximate surface area is 177 Å². The van der Waals surface area contributed by atoms with Crippen molar-refractivity contribution in [2.75, 3.05) is 0 Å². The molecular formula is C18H24F3N2O2Y-. The Balaban J connectivity index is 0. The molecule has 1 aromatic heterocycles. The summed E-state index contributed by atoms with van der Waals surface area (Å²) in [6.45, 7) is 5.87. The fourth-order valence-electron chi connectivity index (χ4n) is 2.22. The number of alkyl halides is 3.